The summed E-state index contributed by atoms with van der Waals surface area (Å²) in [5, 5.41) is 4.21. The fraction of sp³-hybridized carbons (Fsp3) is 0.400. The molecule has 20 heavy (non-hydrogen) atoms. The standard InChI is InChI=1S/C15H18N2O2.ClH/c1-17(11-6-8-16-9-7-11)15(18)13-10-19-14-5-3-2-4-12(13)14;/h2-5,10-11,16H,6-9H2,1H3;1H. The van der Waals surface area contributed by atoms with Crippen LogP contribution in [-0.4, -0.2) is 37.0 Å². The lowest BCUT2D eigenvalue weighted by atomic mass is 10.0. The number of para-hydroxylation sites is 1. The zero-order chi connectivity index (χ0) is 13.2. The molecule has 0 spiro atoms. The first-order chi connectivity index (χ1) is 9.27. The van der Waals surface area contributed by atoms with E-state index in [1.54, 1.807) is 6.26 Å². The Hall–Kier alpha value is -1.52. The van der Waals surface area contributed by atoms with Gasteiger partial charge in [0.2, 0.25) is 0 Å². The van der Waals surface area contributed by atoms with Crippen molar-refractivity contribution < 1.29 is 9.21 Å². The first-order valence-electron chi connectivity index (χ1n) is 6.71. The second kappa shape index (κ2) is 6.29. The zero-order valence-electron chi connectivity index (χ0n) is 11.5. The molecular formula is C15H19ClN2O2. The number of carbonyl (C=O) groups is 1. The summed E-state index contributed by atoms with van der Waals surface area (Å²) < 4.78 is 5.45. The maximum absolute atomic E-state index is 12.6. The van der Waals surface area contributed by atoms with Gasteiger partial charge in [-0.1, -0.05) is 18.2 Å². The first-order valence-corrected chi connectivity index (χ1v) is 6.71. The van der Waals surface area contributed by atoms with Crippen molar-refractivity contribution in [3.63, 3.8) is 0 Å². The molecular weight excluding hydrogens is 276 g/mol. The number of carbonyl (C=O) groups excluding carboxylic acids is 1. The summed E-state index contributed by atoms with van der Waals surface area (Å²) in [5.41, 5.74) is 1.43. The molecule has 1 fully saturated rings. The summed E-state index contributed by atoms with van der Waals surface area (Å²) in [6.07, 6.45) is 3.60. The highest BCUT2D eigenvalue weighted by Gasteiger charge is 2.24. The zero-order valence-corrected chi connectivity index (χ0v) is 12.3. The molecule has 0 unspecified atom stereocenters. The molecule has 0 atom stereocenters. The Bertz CT molecular complexity index is 590. The molecule has 0 radical (unpaired) electrons. The summed E-state index contributed by atoms with van der Waals surface area (Å²) in [7, 11) is 1.89. The first kappa shape index (κ1) is 14.9. The number of furan rings is 1. The van der Waals surface area contributed by atoms with Crippen molar-refractivity contribution in [1.29, 1.82) is 0 Å². The van der Waals surface area contributed by atoms with Gasteiger partial charge >= 0.3 is 0 Å². The second-order valence-corrected chi connectivity index (χ2v) is 5.04. The molecule has 0 aliphatic carbocycles. The summed E-state index contributed by atoms with van der Waals surface area (Å²) in [4.78, 5) is 14.4. The van der Waals surface area contributed by atoms with E-state index in [0.29, 0.717) is 11.6 Å². The molecule has 3 rings (SSSR count). The molecule has 108 valence electrons. The highest BCUT2D eigenvalue weighted by atomic mass is 35.5. The van der Waals surface area contributed by atoms with E-state index in [2.05, 4.69) is 5.32 Å². The van der Waals surface area contributed by atoms with E-state index in [1.165, 1.54) is 0 Å². The van der Waals surface area contributed by atoms with Gasteiger partial charge in [-0.05, 0) is 32.0 Å². The molecule has 1 aromatic carbocycles. The monoisotopic (exact) mass is 294 g/mol. The van der Waals surface area contributed by atoms with Gasteiger partial charge in [0, 0.05) is 18.5 Å². The molecule has 5 heteroatoms. The van der Waals surface area contributed by atoms with Crippen LogP contribution in [0.1, 0.15) is 23.2 Å². The number of hydrogen-bond donors (Lipinski definition) is 1. The highest BCUT2D eigenvalue weighted by molar-refractivity contribution is 6.05. The second-order valence-electron chi connectivity index (χ2n) is 5.04. The van der Waals surface area contributed by atoms with Crippen molar-refractivity contribution in [2.75, 3.05) is 20.1 Å². The van der Waals surface area contributed by atoms with Crippen molar-refractivity contribution >= 4 is 29.3 Å². The van der Waals surface area contributed by atoms with E-state index in [-0.39, 0.29) is 18.3 Å². The maximum Gasteiger partial charge on any atom is 0.257 e. The molecule has 0 saturated carbocycles. The maximum atomic E-state index is 12.6. The number of rotatable bonds is 2. The fourth-order valence-electron chi connectivity index (χ4n) is 2.69. The summed E-state index contributed by atoms with van der Waals surface area (Å²) in [5.74, 6) is 0.0526. The van der Waals surface area contributed by atoms with E-state index >= 15 is 0 Å². The Kier molecular flexibility index (Phi) is 4.68. The molecule has 1 aliphatic heterocycles. The Morgan fingerprint density at radius 2 is 2.00 bits per heavy atom. The third kappa shape index (κ3) is 2.67. The van der Waals surface area contributed by atoms with Crippen molar-refractivity contribution in [3.8, 4) is 0 Å². The van der Waals surface area contributed by atoms with Crippen molar-refractivity contribution in [2.45, 2.75) is 18.9 Å². The van der Waals surface area contributed by atoms with Crippen molar-refractivity contribution in [2.24, 2.45) is 0 Å². The van der Waals surface area contributed by atoms with Crippen molar-refractivity contribution in [1.82, 2.24) is 10.2 Å². The average molecular weight is 295 g/mol. The number of hydrogen-bond acceptors (Lipinski definition) is 3. The normalized spacial score (nSPS) is 15.8. The molecule has 1 aliphatic rings. The van der Waals surface area contributed by atoms with Gasteiger partial charge in [0.1, 0.15) is 11.8 Å². The lowest BCUT2D eigenvalue weighted by molar-refractivity contribution is 0.0704. The molecule has 1 amide bonds. The van der Waals surface area contributed by atoms with E-state index < -0.39 is 0 Å². The third-order valence-electron chi connectivity index (χ3n) is 3.89. The Morgan fingerprint density at radius 1 is 1.30 bits per heavy atom. The van der Waals surface area contributed by atoms with Crippen LogP contribution in [-0.2, 0) is 0 Å². The number of piperidine rings is 1. The highest BCUT2D eigenvalue weighted by Crippen LogP contribution is 2.23. The SMILES string of the molecule is CN(C(=O)c1coc2ccccc12)C1CCNCC1.Cl. The van der Waals surface area contributed by atoms with Crippen LogP contribution in [0.3, 0.4) is 0 Å². The minimum absolute atomic E-state index is 0. The smallest absolute Gasteiger partial charge is 0.257 e. The Balaban J connectivity index is 0.00000147. The third-order valence-corrected chi connectivity index (χ3v) is 3.89. The predicted octanol–water partition coefficient (Wildman–Crippen LogP) is 2.68. The van der Waals surface area contributed by atoms with Crippen LogP contribution in [0.4, 0.5) is 0 Å². The molecule has 1 N–H and O–H groups in total. The van der Waals surface area contributed by atoms with Crippen LogP contribution in [0.5, 0.6) is 0 Å². The lowest BCUT2D eigenvalue weighted by Gasteiger charge is -2.31. The largest absolute Gasteiger partial charge is 0.463 e. The minimum atomic E-state index is 0. The van der Waals surface area contributed by atoms with Gasteiger partial charge in [-0.15, -0.1) is 12.4 Å². The molecule has 4 nitrogen and oxygen atoms in total. The van der Waals surface area contributed by atoms with E-state index in [4.69, 9.17) is 4.42 Å². The fourth-order valence-corrected chi connectivity index (χ4v) is 2.69. The number of nitrogens with zero attached hydrogens (tertiary/aromatic N) is 1. The average Bonchev–Trinajstić information content (AvgIpc) is 2.90. The lowest BCUT2D eigenvalue weighted by Crippen LogP contribution is -2.43. The van der Waals surface area contributed by atoms with Crippen molar-refractivity contribution in [3.05, 3.63) is 36.1 Å². The summed E-state index contributed by atoms with van der Waals surface area (Å²) in [6, 6.07) is 7.98. The Labute approximate surface area is 124 Å². The van der Waals surface area contributed by atoms with Gasteiger partial charge in [-0.2, -0.15) is 0 Å². The summed E-state index contributed by atoms with van der Waals surface area (Å²) in [6.45, 7) is 1.96. The van der Waals surface area contributed by atoms with Gasteiger partial charge in [0.05, 0.1) is 5.56 Å². The van der Waals surface area contributed by atoms with Crippen LogP contribution in [0.25, 0.3) is 11.0 Å². The van der Waals surface area contributed by atoms with E-state index in [9.17, 15) is 4.79 Å². The van der Waals surface area contributed by atoms with Gasteiger partial charge < -0.3 is 14.6 Å². The minimum Gasteiger partial charge on any atom is -0.463 e. The molecule has 0 bridgehead atoms. The molecule has 2 heterocycles. The number of amides is 1. The number of halogens is 1. The molecule has 1 aromatic heterocycles. The van der Waals surface area contributed by atoms with Gasteiger partial charge in [-0.25, -0.2) is 0 Å². The number of benzene rings is 1. The topological polar surface area (TPSA) is 45.5 Å². The van der Waals surface area contributed by atoms with Crippen LogP contribution in [0, 0.1) is 0 Å². The van der Waals surface area contributed by atoms with Crippen LogP contribution in [0.2, 0.25) is 0 Å². The van der Waals surface area contributed by atoms with E-state index in [1.807, 2.05) is 36.2 Å². The van der Waals surface area contributed by atoms with Gasteiger partial charge in [0.15, 0.2) is 0 Å². The van der Waals surface area contributed by atoms with Crippen LogP contribution in [0.15, 0.2) is 34.9 Å². The molecule has 1 saturated heterocycles. The van der Waals surface area contributed by atoms with Gasteiger partial charge in [0.25, 0.3) is 5.91 Å². The quantitative estimate of drug-likeness (QED) is 0.926. The van der Waals surface area contributed by atoms with Crippen LogP contribution < -0.4 is 5.32 Å². The molecule has 2 aromatic rings. The number of fused-ring (bicyclic) bond motifs is 1. The Morgan fingerprint density at radius 3 is 2.75 bits per heavy atom. The summed E-state index contributed by atoms with van der Waals surface area (Å²) >= 11 is 0. The van der Waals surface area contributed by atoms with Gasteiger partial charge in [-0.3, -0.25) is 4.79 Å². The van der Waals surface area contributed by atoms with E-state index in [0.717, 1.165) is 36.9 Å². The predicted molar refractivity (Wildman–Crippen MR) is 81.4 cm³/mol. The van der Waals surface area contributed by atoms with Crippen LogP contribution >= 0.6 is 12.4 Å². The number of nitrogens with one attached hydrogen (secondary N) is 1.